The first-order chi connectivity index (χ1) is 11.2. The predicted molar refractivity (Wildman–Crippen MR) is 85.4 cm³/mol. The van der Waals surface area contributed by atoms with Gasteiger partial charge in [-0.25, -0.2) is 4.79 Å². The Labute approximate surface area is 137 Å². The van der Waals surface area contributed by atoms with Gasteiger partial charge in [0.2, 0.25) is 0 Å². The molecule has 0 saturated carbocycles. The first-order valence-corrected chi connectivity index (χ1v) is 8.76. The molecule has 2 aromatic rings. The third kappa shape index (κ3) is 4.09. The van der Waals surface area contributed by atoms with Crippen LogP contribution in [-0.2, 0) is 25.5 Å². The van der Waals surface area contributed by atoms with Crippen molar-refractivity contribution in [3.8, 4) is 0 Å². The van der Waals surface area contributed by atoms with Crippen molar-refractivity contribution in [3.05, 3.63) is 39.6 Å². The summed E-state index contributed by atoms with van der Waals surface area (Å²) in [5, 5.41) is 11.5. The molecule has 1 heterocycles. The normalized spacial score (nSPS) is 11.6. The number of aryl methyl sites for hydroxylation is 1. The molecular weight excluding hydrogens is 340 g/mol. The van der Waals surface area contributed by atoms with Gasteiger partial charge in [-0.1, -0.05) is 0 Å². The molecule has 0 aliphatic rings. The van der Waals surface area contributed by atoms with Crippen molar-refractivity contribution in [2.45, 2.75) is 12.8 Å². The van der Waals surface area contributed by atoms with E-state index in [-0.39, 0.29) is 17.9 Å². The van der Waals surface area contributed by atoms with Crippen molar-refractivity contribution in [1.82, 2.24) is 4.98 Å². The van der Waals surface area contributed by atoms with E-state index in [1.165, 1.54) is 12.1 Å². The molecule has 2 rings (SSSR count). The molecule has 0 spiro atoms. The number of fused-ring (bicyclic) bond motifs is 1. The van der Waals surface area contributed by atoms with Gasteiger partial charge in [0.15, 0.2) is 0 Å². The van der Waals surface area contributed by atoms with E-state index in [1.807, 2.05) is 0 Å². The number of nitro benzene ring substituents is 1. The largest absolute Gasteiger partial charge is 0.465 e. The van der Waals surface area contributed by atoms with Crippen LogP contribution in [0.25, 0.3) is 10.9 Å². The van der Waals surface area contributed by atoms with Gasteiger partial charge < -0.3 is 9.72 Å². The Hall–Kier alpha value is -2.46. The number of nitrogens with zero attached hydrogens (tertiary/aromatic N) is 1. The quantitative estimate of drug-likeness (QED) is 0.263. The molecule has 24 heavy (non-hydrogen) atoms. The zero-order chi connectivity index (χ0) is 17.9. The molecular formula is C14H16N2O7S. The maximum absolute atomic E-state index is 11.9. The molecule has 0 fully saturated rings. The molecule has 0 radical (unpaired) electrons. The average Bonchev–Trinajstić information content (AvgIpc) is 2.91. The van der Waals surface area contributed by atoms with Crippen molar-refractivity contribution >= 4 is 32.7 Å². The molecule has 0 bridgehead atoms. The van der Waals surface area contributed by atoms with Crippen LogP contribution in [0.15, 0.2) is 18.2 Å². The van der Waals surface area contributed by atoms with Gasteiger partial charge >= 0.3 is 5.97 Å². The van der Waals surface area contributed by atoms with Crippen LogP contribution >= 0.6 is 0 Å². The third-order valence-corrected chi connectivity index (χ3v) is 3.91. The van der Waals surface area contributed by atoms with Crippen molar-refractivity contribution in [2.75, 3.05) is 20.0 Å². The number of aromatic amines is 1. The SMILES string of the molecule is COC(=O)c1c([N+](=O)[O-])ccc2[nH]c(CCCOS(C)(=O)=O)cc12. The molecule has 130 valence electrons. The van der Waals surface area contributed by atoms with Crippen LogP contribution in [-0.4, -0.2) is 44.3 Å². The van der Waals surface area contributed by atoms with Gasteiger partial charge in [0.05, 0.1) is 24.9 Å². The van der Waals surface area contributed by atoms with Gasteiger partial charge in [-0.15, -0.1) is 0 Å². The highest BCUT2D eigenvalue weighted by Gasteiger charge is 2.25. The Balaban J connectivity index is 2.30. The van der Waals surface area contributed by atoms with Crippen LogP contribution in [0.2, 0.25) is 0 Å². The van der Waals surface area contributed by atoms with E-state index in [4.69, 9.17) is 0 Å². The zero-order valence-electron chi connectivity index (χ0n) is 13.1. The van der Waals surface area contributed by atoms with Gasteiger partial charge in [0, 0.05) is 22.7 Å². The smallest absolute Gasteiger partial charge is 0.345 e. The zero-order valence-corrected chi connectivity index (χ0v) is 13.9. The van der Waals surface area contributed by atoms with Crippen LogP contribution in [0.4, 0.5) is 5.69 Å². The summed E-state index contributed by atoms with van der Waals surface area (Å²) >= 11 is 0. The highest BCUT2D eigenvalue weighted by molar-refractivity contribution is 7.85. The van der Waals surface area contributed by atoms with Crippen LogP contribution in [0.5, 0.6) is 0 Å². The molecule has 0 atom stereocenters. The number of ether oxygens (including phenoxy) is 1. The number of carbonyl (C=O) groups excluding carboxylic acids is 1. The Morgan fingerprint density at radius 1 is 1.38 bits per heavy atom. The second kappa shape index (κ2) is 6.97. The van der Waals surface area contributed by atoms with Gasteiger partial charge in [-0.05, 0) is 25.0 Å². The summed E-state index contributed by atoms with van der Waals surface area (Å²) in [5.41, 5.74) is 0.808. The van der Waals surface area contributed by atoms with E-state index in [0.717, 1.165) is 13.4 Å². The summed E-state index contributed by atoms with van der Waals surface area (Å²) in [6.45, 7) is 0.0260. The molecule has 0 aliphatic heterocycles. The van der Waals surface area contributed by atoms with E-state index >= 15 is 0 Å². The maximum atomic E-state index is 11.9. The van der Waals surface area contributed by atoms with Gasteiger partial charge in [0.1, 0.15) is 5.56 Å². The summed E-state index contributed by atoms with van der Waals surface area (Å²) in [6, 6.07) is 4.37. The third-order valence-electron chi connectivity index (χ3n) is 3.31. The monoisotopic (exact) mass is 356 g/mol. The molecule has 10 heteroatoms. The minimum atomic E-state index is -3.49. The number of nitrogens with one attached hydrogen (secondary N) is 1. The Morgan fingerprint density at radius 3 is 2.67 bits per heavy atom. The lowest BCUT2D eigenvalue weighted by Crippen LogP contribution is -2.06. The van der Waals surface area contributed by atoms with E-state index in [9.17, 15) is 23.3 Å². The van der Waals surface area contributed by atoms with Crippen LogP contribution < -0.4 is 0 Å². The fraction of sp³-hybridized carbons (Fsp3) is 0.357. The second-order valence-corrected chi connectivity index (χ2v) is 6.74. The first-order valence-electron chi connectivity index (χ1n) is 6.94. The van der Waals surface area contributed by atoms with Crippen LogP contribution in [0, 0.1) is 10.1 Å². The number of methoxy groups -OCH3 is 1. The second-order valence-electron chi connectivity index (χ2n) is 5.09. The Bertz CT molecular complexity index is 886. The number of hydrogen-bond acceptors (Lipinski definition) is 7. The molecule has 0 amide bonds. The number of nitro groups is 1. The Morgan fingerprint density at radius 2 is 2.08 bits per heavy atom. The summed E-state index contributed by atoms with van der Waals surface area (Å²) < 4.78 is 31.1. The predicted octanol–water partition coefficient (Wildman–Crippen LogP) is 1.77. The number of aromatic nitrogens is 1. The molecule has 0 unspecified atom stereocenters. The first kappa shape index (κ1) is 17.9. The number of esters is 1. The summed E-state index contributed by atoms with van der Waals surface area (Å²) in [4.78, 5) is 25.4. The Kier molecular flexibility index (Phi) is 5.20. The summed E-state index contributed by atoms with van der Waals surface area (Å²) in [6.07, 6.45) is 1.85. The van der Waals surface area contributed by atoms with E-state index in [2.05, 4.69) is 13.9 Å². The fourth-order valence-electron chi connectivity index (χ4n) is 2.33. The molecule has 1 aromatic heterocycles. The van der Waals surface area contributed by atoms with Gasteiger partial charge in [-0.3, -0.25) is 14.3 Å². The average molecular weight is 356 g/mol. The highest BCUT2D eigenvalue weighted by atomic mass is 32.2. The maximum Gasteiger partial charge on any atom is 0.345 e. The van der Waals surface area contributed by atoms with Gasteiger partial charge in [0.25, 0.3) is 15.8 Å². The summed E-state index contributed by atoms with van der Waals surface area (Å²) in [5.74, 6) is -0.793. The molecule has 9 nitrogen and oxygen atoms in total. The number of H-pyrrole nitrogens is 1. The lowest BCUT2D eigenvalue weighted by atomic mass is 10.1. The molecule has 1 aromatic carbocycles. The number of benzene rings is 1. The number of carbonyl (C=O) groups is 1. The molecule has 0 saturated heterocycles. The highest BCUT2D eigenvalue weighted by Crippen LogP contribution is 2.29. The molecule has 1 N–H and O–H groups in total. The minimum Gasteiger partial charge on any atom is -0.465 e. The topological polar surface area (TPSA) is 129 Å². The summed E-state index contributed by atoms with van der Waals surface area (Å²) in [7, 11) is -2.33. The number of rotatable bonds is 7. The standard InChI is InChI=1S/C14H16N2O7S/c1-22-14(17)13-10-8-9(4-3-7-23-24(2,20)21)15-11(10)5-6-12(13)16(18)19/h5-6,8,15H,3-4,7H2,1-2H3. The lowest BCUT2D eigenvalue weighted by molar-refractivity contribution is -0.385. The van der Waals surface area contributed by atoms with Gasteiger partial charge in [-0.2, -0.15) is 8.42 Å². The van der Waals surface area contributed by atoms with Crippen molar-refractivity contribution in [2.24, 2.45) is 0 Å². The van der Waals surface area contributed by atoms with Crippen molar-refractivity contribution < 1.29 is 27.1 Å². The minimum absolute atomic E-state index is 0.0260. The number of hydrogen-bond donors (Lipinski definition) is 1. The van der Waals surface area contributed by atoms with E-state index in [1.54, 1.807) is 6.07 Å². The fourth-order valence-corrected chi connectivity index (χ4v) is 2.75. The van der Waals surface area contributed by atoms with E-state index in [0.29, 0.717) is 29.4 Å². The van der Waals surface area contributed by atoms with Crippen LogP contribution in [0.3, 0.4) is 0 Å². The van der Waals surface area contributed by atoms with Crippen molar-refractivity contribution in [1.29, 1.82) is 0 Å². The van der Waals surface area contributed by atoms with E-state index < -0.39 is 21.0 Å². The molecule has 0 aliphatic carbocycles. The lowest BCUT2D eigenvalue weighted by Gasteiger charge is -2.02. The van der Waals surface area contributed by atoms with Crippen molar-refractivity contribution in [3.63, 3.8) is 0 Å². The van der Waals surface area contributed by atoms with Crippen LogP contribution in [0.1, 0.15) is 22.5 Å².